The first-order valence-electron chi connectivity index (χ1n) is 10.9. The molecule has 1 aliphatic rings. The van der Waals surface area contributed by atoms with Crippen molar-refractivity contribution in [3.05, 3.63) is 59.7 Å². The fourth-order valence-electron chi connectivity index (χ4n) is 3.99. The number of aryl methyl sites for hydroxylation is 1. The van der Waals surface area contributed by atoms with E-state index in [2.05, 4.69) is 24.0 Å². The largest absolute Gasteiger partial charge is 0.497 e. The summed E-state index contributed by atoms with van der Waals surface area (Å²) in [6.07, 6.45) is 1.03. The smallest absolute Gasteiger partial charge is 0.223 e. The molecule has 0 N–H and O–H groups in total. The molecule has 1 saturated heterocycles. The molecule has 1 aliphatic heterocycles. The number of ether oxygens (including phenoxy) is 3. The Kier molecular flexibility index (Phi) is 8.74. The molecule has 3 rings (SSSR count). The third-order valence-corrected chi connectivity index (χ3v) is 5.77. The Balaban J connectivity index is 1.70. The minimum absolute atomic E-state index is 0.109. The van der Waals surface area contributed by atoms with E-state index in [1.165, 1.54) is 0 Å². The van der Waals surface area contributed by atoms with Gasteiger partial charge in [0.25, 0.3) is 0 Å². The Morgan fingerprint density at radius 3 is 2.52 bits per heavy atom. The van der Waals surface area contributed by atoms with Gasteiger partial charge in [0, 0.05) is 38.6 Å². The molecule has 0 aromatic heterocycles. The van der Waals surface area contributed by atoms with Crippen molar-refractivity contribution >= 4 is 5.91 Å². The van der Waals surface area contributed by atoms with Crippen molar-refractivity contribution in [3.8, 4) is 11.5 Å². The number of rotatable bonds is 10. The molecule has 1 fully saturated rings. The predicted molar refractivity (Wildman–Crippen MR) is 122 cm³/mol. The average Bonchev–Trinajstić information content (AvgIpc) is 2.82. The van der Waals surface area contributed by atoms with E-state index in [1.807, 2.05) is 41.3 Å². The van der Waals surface area contributed by atoms with Crippen LogP contribution in [-0.4, -0.2) is 68.8 Å². The lowest BCUT2D eigenvalue weighted by Gasteiger charge is -2.35. The van der Waals surface area contributed by atoms with E-state index in [0.29, 0.717) is 19.4 Å². The highest BCUT2D eigenvalue weighted by molar-refractivity contribution is 5.77. The predicted octanol–water partition coefficient (Wildman–Crippen LogP) is 3.39. The van der Waals surface area contributed by atoms with Crippen LogP contribution in [0.15, 0.2) is 48.5 Å². The van der Waals surface area contributed by atoms with Crippen molar-refractivity contribution in [1.29, 1.82) is 0 Å². The molecule has 31 heavy (non-hydrogen) atoms. The van der Waals surface area contributed by atoms with E-state index in [4.69, 9.17) is 14.2 Å². The molecule has 6 nitrogen and oxygen atoms in total. The van der Waals surface area contributed by atoms with Crippen LogP contribution in [0.3, 0.4) is 0 Å². The molecule has 0 bridgehead atoms. The van der Waals surface area contributed by atoms with E-state index in [-0.39, 0.29) is 11.9 Å². The van der Waals surface area contributed by atoms with Crippen LogP contribution in [0.5, 0.6) is 11.5 Å². The Labute approximate surface area is 185 Å². The summed E-state index contributed by atoms with van der Waals surface area (Å²) in [6, 6.07) is 16.0. The normalized spacial score (nSPS) is 15.3. The quantitative estimate of drug-likeness (QED) is 0.583. The molecule has 1 atom stereocenters. The molecule has 0 aliphatic carbocycles. The number of carbonyl (C=O) groups is 1. The Morgan fingerprint density at radius 2 is 1.84 bits per heavy atom. The van der Waals surface area contributed by atoms with E-state index in [9.17, 15) is 4.79 Å². The molecule has 6 heteroatoms. The molecule has 0 spiro atoms. The highest BCUT2D eigenvalue weighted by Crippen LogP contribution is 2.25. The number of benzene rings is 2. The molecular formula is C25H34N2O4. The number of hydrogen-bond donors (Lipinski definition) is 0. The van der Waals surface area contributed by atoms with Gasteiger partial charge >= 0.3 is 0 Å². The molecule has 0 saturated carbocycles. The lowest BCUT2D eigenvalue weighted by atomic mass is 10.1. The van der Waals surface area contributed by atoms with Gasteiger partial charge in [-0.25, -0.2) is 0 Å². The van der Waals surface area contributed by atoms with Gasteiger partial charge in [0.1, 0.15) is 11.5 Å². The molecule has 2 aromatic carbocycles. The first kappa shape index (κ1) is 23.1. The maximum absolute atomic E-state index is 13.4. The van der Waals surface area contributed by atoms with Crippen LogP contribution in [0.4, 0.5) is 0 Å². The Morgan fingerprint density at radius 1 is 1.10 bits per heavy atom. The van der Waals surface area contributed by atoms with Gasteiger partial charge in [-0.2, -0.15) is 0 Å². The summed E-state index contributed by atoms with van der Waals surface area (Å²) in [4.78, 5) is 17.8. The van der Waals surface area contributed by atoms with Gasteiger partial charge in [0.2, 0.25) is 5.91 Å². The summed E-state index contributed by atoms with van der Waals surface area (Å²) in [7, 11) is 3.30. The van der Waals surface area contributed by atoms with E-state index < -0.39 is 0 Å². The SMILES string of the molecule is COc1ccc(OC)c(CCC(=O)N(Cc2ccccc2)C(C)CN2CCOCC2)c1. The van der Waals surface area contributed by atoms with Gasteiger partial charge in [0.05, 0.1) is 27.4 Å². The molecular weight excluding hydrogens is 392 g/mol. The third-order valence-electron chi connectivity index (χ3n) is 5.77. The van der Waals surface area contributed by atoms with Crippen molar-refractivity contribution in [2.45, 2.75) is 32.4 Å². The summed E-state index contributed by atoms with van der Waals surface area (Å²) in [6.45, 7) is 6.95. The topological polar surface area (TPSA) is 51.2 Å². The van der Waals surface area contributed by atoms with Crippen LogP contribution in [0, 0.1) is 0 Å². The molecule has 1 heterocycles. The van der Waals surface area contributed by atoms with Crippen molar-refractivity contribution in [1.82, 2.24) is 9.80 Å². The molecule has 2 aromatic rings. The average molecular weight is 427 g/mol. The number of carbonyl (C=O) groups excluding carboxylic acids is 1. The standard InChI is InChI=1S/C25H34N2O4/c1-20(18-26-13-15-31-16-14-26)27(19-21-7-5-4-6-8-21)25(28)12-9-22-17-23(29-2)10-11-24(22)30-3/h4-8,10-11,17,20H,9,12-16,18-19H2,1-3H3. The highest BCUT2D eigenvalue weighted by Gasteiger charge is 2.23. The first-order chi connectivity index (χ1) is 15.1. The summed E-state index contributed by atoms with van der Waals surface area (Å²) < 4.78 is 16.3. The third kappa shape index (κ3) is 6.71. The highest BCUT2D eigenvalue weighted by atomic mass is 16.5. The van der Waals surface area contributed by atoms with E-state index in [0.717, 1.165) is 55.5 Å². The van der Waals surface area contributed by atoms with Crippen LogP contribution in [0.1, 0.15) is 24.5 Å². The summed E-state index contributed by atoms with van der Waals surface area (Å²) in [5.41, 5.74) is 2.12. The second kappa shape index (κ2) is 11.7. The number of nitrogens with zero attached hydrogens (tertiary/aromatic N) is 2. The van der Waals surface area contributed by atoms with Crippen LogP contribution < -0.4 is 9.47 Å². The Hall–Kier alpha value is -2.57. The number of hydrogen-bond acceptors (Lipinski definition) is 5. The summed E-state index contributed by atoms with van der Waals surface area (Å²) in [5.74, 6) is 1.70. The number of amides is 1. The number of methoxy groups -OCH3 is 2. The van der Waals surface area contributed by atoms with Crippen molar-refractivity contribution < 1.29 is 19.0 Å². The molecule has 1 amide bonds. The lowest BCUT2D eigenvalue weighted by Crippen LogP contribution is -2.48. The first-order valence-corrected chi connectivity index (χ1v) is 10.9. The zero-order valence-corrected chi connectivity index (χ0v) is 18.9. The zero-order valence-electron chi connectivity index (χ0n) is 18.9. The summed E-state index contributed by atoms with van der Waals surface area (Å²) in [5, 5.41) is 0. The molecule has 168 valence electrons. The lowest BCUT2D eigenvalue weighted by molar-refractivity contribution is -0.134. The van der Waals surface area contributed by atoms with Gasteiger partial charge in [-0.05, 0) is 42.7 Å². The van der Waals surface area contributed by atoms with Crippen molar-refractivity contribution in [2.24, 2.45) is 0 Å². The molecule has 0 radical (unpaired) electrons. The number of morpholine rings is 1. The maximum Gasteiger partial charge on any atom is 0.223 e. The van der Waals surface area contributed by atoms with E-state index >= 15 is 0 Å². The molecule has 1 unspecified atom stereocenters. The Bertz CT molecular complexity index is 822. The fraction of sp³-hybridized carbons (Fsp3) is 0.480. The second-order valence-electron chi connectivity index (χ2n) is 7.95. The summed E-state index contributed by atoms with van der Waals surface area (Å²) >= 11 is 0. The van der Waals surface area contributed by atoms with Gasteiger partial charge in [0.15, 0.2) is 0 Å². The van der Waals surface area contributed by atoms with Gasteiger partial charge < -0.3 is 19.1 Å². The maximum atomic E-state index is 13.4. The van der Waals surface area contributed by atoms with Crippen molar-refractivity contribution in [3.63, 3.8) is 0 Å². The van der Waals surface area contributed by atoms with E-state index in [1.54, 1.807) is 14.2 Å². The van der Waals surface area contributed by atoms with Crippen LogP contribution in [-0.2, 0) is 22.5 Å². The van der Waals surface area contributed by atoms with Crippen LogP contribution in [0.2, 0.25) is 0 Å². The fourth-order valence-corrected chi connectivity index (χ4v) is 3.99. The van der Waals surface area contributed by atoms with Gasteiger partial charge in [-0.15, -0.1) is 0 Å². The van der Waals surface area contributed by atoms with Crippen molar-refractivity contribution in [2.75, 3.05) is 47.1 Å². The second-order valence-corrected chi connectivity index (χ2v) is 7.95. The minimum atomic E-state index is 0.109. The van der Waals surface area contributed by atoms with Crippen LogP contribution >= 0.6 is 0 Å². The van der Waals surface area contributed by atoms with Gasteiger partial charge in [-0.1, -0.05) is 30.3 Å². The monoisotopic (exact) mass is 426 g/mol. The zero-order chi connectivity index (χ0) is 22.1. The van der Waals surface area contributed by atoms with Crippen LogP contribution in [0.25, 0.3) is 0 Å². The van der Waals surface area contributed by atoms with Gasteiger partial charge in [-0.3, -0.25) is 9.69 Å². The minimum Gasteiger partial charge on any atom is -0.497 e.